The Morgan fingerprint density at radius 2 is 2.09 bits per heavy atom. The van der Waals surface area contributed by atoms with E-state index in [1.807, 2.05) is 6.92 Å². The minimum atomic E-state index is -3.92. The number of carbonyl (C=O) groups is 2. The van der Waals surface area contributed by atoms with E-state index in [0.29, 0.717) is 6.42 Å². The molecule has 0 spiro atoms. The predicted octanol–water partition coefficient (Wildman–Crippen LogP) is 1.27. The van der Waals surface area contributed by atoms with Crippen molar-refractivity contribution in [3.63, 3.8) is 0 Å². The highest BCUT2D eigenvalue weighted by Gasteiger charge is 2.38. The van der Waals surface area contributed by atoms with Crippen LogP contribution in [0.25, 0.3) is 0 Å². The molecule has 0 saturated carbocycles. The molecule has 1 aliphatic heterocycles. The average molecular weight is 347 g/mol. The van der Waals surface area contributed by atoms with E-state index in [-0.39, 0.29) is 28.8 Å². The van der Waals surface area contributed by atoms with Crippen LogP contribution >= 0.6 is 11.3 Å². The lowest BCUT2D eigenvalue weighted by atomic mass is 9.92. The molecule has 1 fully saturated rings. The maximum atomic E-state index is 12.7. The number of hydrogen-bond acceptors (Lipinski definition) is 6. The standard InChI is InChI=1S/C13H17NO6S2/c1-8-5-9(12(15)16)7-14(6-8)22(18,19)10-3-4-21-11(10)13(17)20-2/h3-4,8-9H,5-7H2,1-2H3,(H,15,16). The Morgan fingerprint density at radius 3 is 2.68 bits per heavy atom. The van der Waals surface area contributed by atoms with Crippen molar-refractivity contribution in [3.05, 3.63) is 16.3 Å². The van der Waals surface area contributed by atoms with Gasteiger partial charge in [-0.05, 0) is 23.8 Å². The Morgan fingerprint density at radius 1 is 1.41 bits per heavy atom. The molecule has 2 atom stereocenters. The summed E-state index contributed by atoms with van der Waals surface area (Å²) in [6, 6.07) is 1.35. The SMILES string of the molecule is COC(=O)c1sccc1S(=O)(=O)N1CC(C)CC(C(=O)O)C1. The van der Waals surface area contributed by atoms with Crippen LogP contribution in [-0.2, 0) is 19.6 Å². The lowest BCUT2D eigenvalue weighted by Gasteiger charge is -2.33. The van der Waals surface area contributed by atoms with Crippen LogP contribution in [0.3, 0.4) is 0 Å². The van der Waals surface area contributed by atoms with Crippen molar-refractivity contribution in [2.45, 2.75) is 18.2 Å². The summed E-state index contributed by atoms with van der Waals surface area (Å²) in [7, 11) is -2.74. The predicted molar refractivity (Wildman–Crippen MR) is 79.3 cm³/mol. The molecule has 0 radical (unpaired) electrons. The van der Waals surface area contributed by atoms with E-state index in [1.54, 1.807) is 0 Å². The second kappa shape index (κ2) is 6.35. The number of carboxylic acid groups (broad SMARTS) is 1. The van der Waals surface area contributed by atoms with Gasteiger partial charge in [0.25, 0.3) is 0 Å². The molecule has 22 heavy (non-hydrogen) atoms. The van der Waals surface area contributed by atoms with E-state index >= 15 is 0 Å². The smallest absolute Gasteiger partial charge is 0.349 e. The summed E-state index contributed by atoms with van der Waals surface area (Å²) in [5, 5.41) is 10.7. The van der Waals surface area contributed by atoms with Gasteiger partial charge in [-0.3, -0.25) is 4.79 Å². The average Bonchev–Trinajstić information content (AvgIpc) is 2.95. The summed E-state index contributed by atoms with van der Waals surface area (Å²) in [6.45, 7) is 1.97. The first-order valence-electron chi connectivity index (χ1n) is 6.66. The second-order valence-corrected chi connectivity index (χ2v) is 8.13. The first-order valence-corrected chi connectivity index (χ1v) is 8.98. The van der Waals surface area contributed by atoms with Crippen LogP contribution in [0.4, 0.5) is 0 Å². The van der Waals surface area contributed by atoms with E-state index in [9.17, 15) is 18.0 Å². The number of nitrogens with zero attached hydrogens (tertiary/aromatic N) is 1. The quantitative estimate of drug-likeness (QED) is 0.823. The summed E-state index contributed by atoms with van der Waals surface area (Å²) < 4.78 is 31.2. The molecule has 1 N–H and O–H groups in total. The third kappa shape index (κ3) is 3.16. The third-order valence-corrected chi connectivity index (χ3v) is 6.49. The number of esters is 1. The first kappa shape index (κ1) is 16.9. The zero-order chi connectivity index (χ0) is 16.5. The molecule has 0 amide bonds. The number of hydrogen-bond donors (Lipinski definition) is 1. The van der Waals surface area contributed by atoms with E-state index in [1.165, 1.54) is 18.6 Å². The molecule has 2 unspecified atom stereocenters. The van der Waals surface area contributed by atoms with Crippen molar-refractivity contribution in [2.24, 2.45) is 11.8 Å². The fraction of sp³-hybridized carbons (Fsp3) is 0.538. The van der Waals surface area contributed by atoms with Gasteiger partial charge in [0, 0.05) is 13.1 Å². The van der Waals surface area contributed by atoms with Crippen LogP contribution in [0.15, 0.2) is 16.3 Å². The number of carbonyl (C=O) groups excluding carboxylic acids is 1. The Labute approximate surface area is 132 Å². The number of carboxylic acids is 1. The summed E-state index contributed by atoms with van der Waals surface area (Å²) in [6.07, 6.45) is 0.439. The van der Waals surface area contributed by atoms with Gasteiger partial charge in [-0.25, -0.2) is 13.2 Å². The fourth-order valence-corrected chi connectivity index (χ4v) is 5.47. The van der Waals surface area contributed by atoms with E-state index in [4.69, 9.17) is 5.11 Å². The lowest BCUT2D eigenvalue weighted by molar-refractivity contribution is -0.143. The number of sulfonamides is 1. The van der Waals surface area contributed by atoms with Crippen molar-refractivity contribution < 1.29 is 27.9 Å². The van der Waals surface area contributed by atoms with Gasteiger partial charge in [0.05, 0.1) is 13.0 Å². The number of methoxy groups -OCH3 is 1. The molecular weight excluding hydrogens is 330 g/mol. The normalized spacial score (nSPS) is 23.2. The highest BCUT2D eigenvalue weighted by molar-refractivity contribution is 7.89. The molecule has 0 aromatic carbocycles. The first-order chi connectivity index (χ1) is 10.3. The van der Waals surface area contributed by atoms with Crippen molar-refractivity contribution in [2.75, 3.05) is 20.2 Å². The molecule has 0 bridgehead atoms. The molecule has 2 heterocycles. The van der Waals surface area contributed by atoms with Gasteiger partial charge in [-0.2, -0.15) is 4.31 Å². The van der Waals surface area contributed by atoms with Crippen LogP contribution in [0.2, 0.25) is 0 Å². The Bertz CT molecular complexity index is 680. The summed E-state index contributed by atoms with van der Waals surface area (Å²) >= 11 is 0.984. The van der Waals surface area contributed by atoms with Crippen LogP contribution in [0.1, 0.15) is 23.0 Å². The van der Waals surface area contributed by atoms with Crippen molar-refractivity contribution in [1.82, 2.24) is 4.31 Å². The Kier molecular flexibility index (Phi) is 4.88. The maximum absolute atomic E-state index is 12.7. The molecule has 2 rings (SSSR count). The van der Waals surface area contributed by atoms with Crippen molar-refractivity contribution in [3.8, 4) is 0 Å². The number of aliphatic carboxylic acids is 1. The van der Waals surface area contributed by atoms with E-state index in [2.05, 4.69) is 4.74 Å². The number of rotatable bonds is 4. The van der Waals surface area contributed by atoms with Crippen LogP contribution in [0, 0.1) is 11.8 Å². The zero-order valence-corrected chi connectivity index (χ0v) is 13.8. The van der Waals surface area contributed by atoms with Gasteiger partial charge >= 0.3 is 11.9 Å². The van der Waals surface area contributed by atoms with Gasteiger partial charge in [0.15, 0.2) is 0 Å². The van der Waals surface area contributed by atoms with Gasteiger partial charge in [-0.1, -0.05) is 6.92 Å². The Balaban J connectivity index is 2.36. The van der Waals surface area contributed by atoms with Crippen LogP contribution in [0.5, 0.6) is 0 Å². The molecule has 1 aromatic rings. The summed E-state index contributed by atoms with van der Waals surface area (Å²) in [4.78, 5) is 22.7. The molecule has 1 aliphatic rings. The van der Waals surface area contributed by atoms with Crippen molar-refractivity contribution in [1.29, 1.82) is 0 Å². The van der Waals surface area contributed by atoms with Gasteiger partial charge in [-0.15, -0.1) is 11.3 Å². The molecule has 0 aliphatic carbocycles. The fourth-order valence-electron chi connectivity index (χ4n) is 2.56. The monoisotopic (exact) mass is 347 g/mol. The number of thiophene rings is 1. The third-order valence-electron chi connectivity index (χ3n) is 3.59. The number of piperidine rings is 1. The van der Waals surface area contributed by atoms with Crippen LogP contribution in [-0.4, -0.2) is 50.0 Å². The molecule has 1 saturated heterocycles. The van der Waals surface area contributed by atoms with Crippen LogP contribution < -0.4 is 0 Å². The molecule has 122 valence electrons. The minimum absolute atomic E-state index is 0.00704. The van der Waals surface area contributed by atoms with Gasteiger partial charge in [0.2, 0.25) is 10.0 Å². The molecule has 1 aromatic heterocycles. The minimum Gasteiger partial charge on any atom is -0.481 e. The number of ether oxygens (including phenoxy) is 1. The highest BCUT2D eigenvalue weighted by atomic mass is 32.2. The molecule has 7 nitrogen and oxygen atoms in total. The molecular formula is C13H17NO6S2. The van der Waals surface area contributed by atoms with E-state index < -0.39 is 27.9 Å². The molecule has 9 heteroatoms. The zero-order valence-electron chi connectivity index (χ0n) is 12.2. The maximum Gasteiger partial charge on any atom is 0.349 e. The highest BCUT2D eigenvalue weighted by Crippen LogP contribution is 2.30. The van der Waals surface area contributed by atoms with Gasteiger partial charge in [0.1, 0.15) is 9.77 Å². The largest absolute Gasteiger partial charge is 0.481 e. The van der Waals surface area contributed by atoms with Crippen molar-refractivity contribution >= 4 is 33.3 Å². The summed E-state index contributed by atoms with van der Waals surface area (Å²) in [5.41, 5.74) is 0. The second-order valence-electron chi connectivity index (χ2n) is 5.30. The lowest BCUT2D eigenvalue weighted by Crippen LogP contribution is -2.45. The Hall–Kier alpha value is -1.45. The topological polar surface area (TPSA) is 101 Å². The summed E-state index contributed by atoms with van der Waals surface area (Å²) in [5.74, 6) is -2.53. The van der Waals surface area contributed by atoms with E-state index in [0.717, 1.165) is 15.6 Å². The van der Waals surface area contributed by atoms with Gasteiger partial charge < -0.3 is 9.84 Å².